The summed E-state index contributed by atoms with van der Waals surface area (Å²) >= 11 is 0. The van der Waals surface area contributed by atoms with Crippen LogP contribution in [0.2, 0.25) is 0 Å². The molecule has 0 aliphatic heterocycles. The minimum Gasteiger partial charge on any atom is -0.481 e. The fourth-order valence-electron chi connectivity index (χ4n) is 1.45. The number of hydrogen-bond donors (Lipinski definition) is 2. The van der Waals surface area contributed by atoms with E-state index in [1.165, 1.54) is 10.9 Å². The smallest absolute Gasteiger partial charge is 0.306 e. The molecule has 0 radical (unpaired) electrons. The van der Waals surface area contributed by atoms with Crippen LogP contribution in [0, 0.1) is 10.1 Å². The van der Waals surface area contributed by atoms with Gasteiger partial charge in [0, 0.05) is 19.0 Å². The molecule has 0 saturated carbocycles. The highest BCUT2D eigenvalue weighted by molar-refractivity contribution is 5.77. The van der Waals surface area contributed by atoms with E-state index in [0.29, 0.717) is 0 Å². The number of carboxylic acids is 1. The molecule has 1 amide bonds. The van der Waals surface area contributed by atoms with Crippen LogP contribution in [-0.4, -0.2) is 37.7 Å². The number of carboxylic acid groups (broad SMARTS) is 1. The van der Waals surface area contributed by atoms with Crippen LogP contribution < -0.4 is 5.32 Å². The van der Waals surface area contributed by atoms with Crippen LogP contribution in [0.5, 0.6) is 0 Å². The van der Waals surface area contributed by atoms with Gasteiger partial charge < -0.3 is 10.4 Å². The van der Waals surface area contributed by atoms with Crippen molar-refractivity contribution in [3.05, 3.63) is 22.5 Å². The Morgan fingerprint density at radius 3 is 2.84 bits per heavy atom. The Bertz CT molecular complexity index is 484. The highest BCUT2D eigenvalue weighted by Gasteiger charge is 2.12. The van der Waals surface area contributed by atoms with Crippen molar-refractivity contribution in [1.29, 1.82) is 0 Å². The molecule has 0 fully saturated rings. The number of nitrogens with one attached hydrogen (secondary N) is 1. The molecule has 0 aliphatic carbocycles. The van der Waals surface area contributed by atoms with Gasteiger partial charge in [0.1, 0.15) is 12.4 Å². The molecule has 1 rings (SSSR count). The van der Waals surface area contributed by atoms with Crippen molar-refractivity contribution < 1.29 is 19.6 Å². The minimum absolute atomic E-state index is 0.0722. The van der Waals surface area contributed by atoms with Gasteiger partial charge in [-0.2, -0.15) is 5.10 Å². The van der Waals surface area contributed by atoms with Crippen LogP contribution in [0.15, 0.2) is 12.4 Å². The lowest BCUT2D eigenvalue weighted by molar-refractivity contribution is -0.385. The minimum atomic E-state index is -0.990. The SMILES string of the molecule is CC(CC(=O)O)NC(=O)CCn1cc([N+](=O)[O-])cn1. The maximum absolute atomic E-state index is 11.5. The monoisotopic (exact) mass is 270 g/mol. The largest absolute Gasteiger partial charge is 0.481 e. The average Bonchev–Trinajstić information content (AvgIpc) is 2.73. The summed E-state index contributed by atoms with van der Waals surface area (Å²) in [6.07, 6.45) is 2.25. The number of amides is 1. The van der Waals surface area contributed by atoms with Crippen molar-refractivity contribution in [3.63, 3.8) is 0 Å². The van der Waals surface area contributed by atoms with Crippen molar-refractivity contribution in [2.24, 2.45) is 0 Å². The molecule has 9 nitrogen and oxygen atoms in total. The van der Waals surface area contributed by atoms with E-state index in [-0.39, 0.29) is 31.0 Å². The van der Waals surface area contributed by atoms with Crippen molar-refractivity contribution in [1.82, 2.24) is 15.1 Å². The van der Waals surface area contributed by atoms with E-state index < -0.39 is 16.9 Å². The maximum Gasteiger partial charge on any atom is 0.306 e. The van der Waals surface area contributed by atoms with E-state index >= 15 is 0 Å². The van der Waals surface area contributed by atoms with Crippen LogP contribution in [0.25, 0.3) is 0 Å². The number of aliphatic carboxylic acids is 1. The summed E-state index contributed by atoms with van der Waals surface area (Å²) in [4.78, 5) is 31.7. The van der Waals surface area contributed by atoms with Crippen LogP contribution >= 0.6 is 0 Å². The molecule has 1 heterocycles. The molecule has 1 atom stereocenters. The summed E-state index contributed by atoms with van der Waals surface area (Å²) < 4.78 is 1.29. The molecule has 0 bridgehead atoms. The summed E-state index contributed by atoms with van der Waals surface area (Å²) in [7, 11) is 0. The normalized spacial score (nSPS) is 11.8. The molecular weight excluding hydrogens is 256 g/mol. The van der Waals surface area contributed by atoms with Crippen molar-refractivity contribution in [2.75, 3.05) is 0 Å². The second kappa shape index (κ2) is 6.47. The number of nitro groups is 1. The molecule has 0 aromatic carbocycles. The first-order valence-corrected chi connectivity index (χ1v) is 5.56. The molecule has 104 valence electrons. The molecule has 0 aliphatic rings. The predicted molar refractivity (Wildman–Crippen MR) is 63.4 cm³/mol. The second-order valence-electron chi connectivity index (χ2n) is 4.04. The van der Waals surface area contributed by atoms with Crippen LogP contribution in [0.1, 0.15) is 19.8 Å². The molecule has 0 spiro atoms. The van der Waals surface area contributed by atoms with Gasteiger partial charge in [-0.25, -0.2) is 0 Å². The Balaban J connectivity index is 2.37. The zero-order chi connectivity index (χ0) is 14.4. The van der Waals surface area contributed by atoms with Crippen molar-refractivity contribution >= 4 is 17.6 Å². The first kappa shape index (κ1) is 14.6. The zero-order valence-corrected chi connectivity index (χ0v) is 10.3. The lowest BCUT2D eigenvalue weighted by atomic mass is 10.2. The molecule has 1 aromatic rings. The van der Waals surface area contributed by atoms with E-state index in [9.17, 15) is 19.7 Å². The van der Waals surface area contributed by atoms with Crippen molar-refractivity contribution in [3.8, 4) is 0 Å². The molecule has 0 saturated heterocycles. The van der Waals surface area contributed by atoms with Gasteiger partial charge in [0.05, 0.1) is 11.3 Å². The second-order valence-corrected chi connectivity index (χ2v) is 4.04. The van der Waals surface area contributed by atoms with E-state index in [4.69, 9.17) is 5.11 Å². The quantitative estimate of drug-likeness (QED) is 0.536. The van der Waals surface area contributed by atoms with Gasteiger partial charge >= 0.3 is 11.7 Å². The number of aromatic nitrogens is 2. The lowest BCUT2D eigenvalue weighted by Gasteiger charge is -2.11. The van der Waals surface area contributed by atoms with Crippen molar-refractivity contribution in [2.45, 2.75) is 32.4 Å². The molecular formula is C10H14N4O5. The number of nitrogens with zero attached hydrogens (tertiary/aromatic N) is 3. The van der Waals surface area contributed by atoms with Gasteiger partial charge in [0.15, 0.2) is 0 Å². The number of aryl methyl sites for hydroxylation is 1. The predicted octanol–water partition coefficient (Wildman–Crippen LogP) is 0.161. The van der Waals surface area contributed by atoms with Crippen LogP contribution in [-0.2, 0) is 16.1 Å². The van der Waals surface area contributed by atoms with E-state index in [0.717, 1.165) is 6.20 Å². The molecule has 19 heavy (non-hydrogen) atoms. The summed E-state index contributed by atoms with van der Waals surface area (Å²) in [5, 5.41) is 25.2. The Hall–Kier alpha value is -2.45. The maximum atomic E-state index is 11.5. The number of hydrogen-bond acceptors (Lipinski definition) is 5. The molecule has 1 aromatic heterocycles. The third-order valence-corrected chi connectivity index (χ3v) is 2.29. The fraction of sp³-hybridized carbons (Fsp3) is 0.500. The van der Waals surface area contributed by atoms with Crippen LogP contribution in [0.4, 0.5) is 5.69 Å². The molecule has 2 N–H and O–H groups in total. The van der Waals surface area contributed by atoms with Gasteiger partial charge in [0.2, 0.25) is 5.91 Å². The van der Waals surface area contributed by atoms with Gasteiger partial charge in [-0.05, 0) is 6.92 Å². The third kappa shape index (κ3) is 5.15. The number of carbonyl (C=O) groups is 2. The van der Waals surface area contributed by atoms with Gasteiger partial charge in [-0.15, -0.1) is 0 Å². The first-order chi connectivity index (χ1) is 8.88. The molecule has 9 heteroatoms. The summed E-state index contributed by atoms with van der Waals surface area (Å²) in [6.45, 7) is 1.78. The topological polar surface area (TPSA) is 127 Å². The Kier molecular flexibility index (Phi) is 4.98. The summed E-state index contributed by atoms with van der Waals surface area (Å²) in [5.74, 6) is -1.32. The Morgan fingerprint density at radius 2 is 2.32 bits per heavy atom. The highest BCUT2D eigenvalue weighted by atomic mass is 16.6. The standard InChI is InChI=1S/C10H14N4O5/c1-7(4-10(16)17)12-9(15)2-3-13-6-8(5-11-13)14(18)19/h5-7H,2-4H2,1H3,(H,12,15)(H,16,17). The fourth-order valence-corrected chi connectivity index (χ4v) is 1.45. The molecule has 1 unspecified atom stereocenters. The van der Waals surface area contributed by atoms with E-state index in [1.807, 2.05) is 0 Å². The Morgan fingerprint density at radius 1 is 1.63 bits per heavy atom. The highest BCUT2D eigenvalue weighted by Crippen LogP contribution is 2.07. The van der Waals surface area contributed by atoms with Gasteiger partial charge in [-0.1, -0.05) is 0 Å². The lowest BCUT2D eigenvalue weighted by Crippen LogP contribution is -2.34. The number of carbonyl (C=O) groups excluding carboxylic acids is 1. The Labute approximate surface area is 108 Å². The number of rotatable bonds is 7. The van der Waals surface area contributed by atoms with Gasteiger partial charge in [-0.3, -0.25) is 24.4 Å². The van der Waals surface area contributed by atoms with Crippen LogP contribution in [0.3, 0.4) is 0 Å². The summed E-state index contributed by atoms with van der Waals surface area (Å²) in [6, 6.07) is -0.461. The third-order valence-electron chi connectivity index (χ3n) is 2.29. The average molecular weight is 270 g/mol. The first-order valence-electron chi connectivity index (χ1n) is 5.56. The zero-order valence-electron chi connectivity index (χ0n) is 10.3. The van der Waals surface area contributed by atoms with E-state index in [1.54, 1.807) is 6.92 Å². The van der Waals surface area contributed by atoms with Gasteiger partial charge in [0.25, 0.3) is 0 Å². The van der Waals surface area contributed by atoms with E-state index in [2.05, 4.69) is 10.4 Å². The summed E-state index contributed by atoms with van der Waals surface area (Å²) in [5.41, 5.74) is -0.139.